The van der Waals surface area contributed by atoms with Gasteiger partial charge in [0.2, 0.25) is 5.28 Å². The van der Waals surface area contributed by atoms with Crippen molar-refractivity contribution in [3.05, 3.63) is 41.7 Å². The molecule has 6 radical (unpaired) electrons. The molecule has 2 aromatic carbocycles. The second-order valence-corrected chi connectivity index (χ2v) is 4.77. The Balaban J connectivity index is 2.41. The maximum absolute atomic E-state index is 6.03. The predicted octanol–water partition coefficient (Wildman–Crippen LogP) is 0.332. The molecule has 3 aromatic rings. The van der Waals surface area contributed by atoms with Crippen LogP contribution < -0.4 is 16.4 Å². The van der Waals surface area contributed by atoms with Crippen molar-refractivity contribution in [2.45, 2.75) is 0 Å². The van der Waals surface area contributed by atoms with E-state index in [4.69, 9.17) is 35.1 Å². The summed E-state index contributed by atoms with van der Waals surface area (Å²) in [7, 11) is 17.8. The minimum Gasteiger partial charge on any atom is -0.218 e. The van der Waals surface area contributed by atoms with Gasteiger partial charge in [0, 0.05) is 5.39 Å². The van der Waals surface area contributed by atoms with Gasteiger partial charge >= 0.3 is 0 Å². The maximum atomic E-state index is 6.03. The van der Waals surface area contributed by atoms with Crippen molar-refractivity contribution in [3.8, 4) is 11.3 Å². The molecule has 0 saturated carbocycles. The van der Waals surface area contributed by atoms with Crippen molar-refractivity contribution in [1.29, 1.82) is 0 Å². The van der Waals surface area contributed by atoms with Gasteiger partial charge in [-0.1, -0.05) is 46.7 Å². The van der Waals surface area contributed by atoms with Crippen LogP contribution in [0.5, 0.6) is 0 Å². The lowest BCUT2D eigenvalue weighted by molar-refractivity contribution is 1.23. The molecule has 2 nitrogen and oxygen atoms in total. The van der Waals surface area contributed by atoms with Gasteiger partial charge in [-0.25, -0.2) is 9.97 Å². The van der Waals surface area contributed by atoms with Crippen molar-refractivity contribution < 1.29 is 0 Å². The highest BCUT2D eigenvalue weighted by Crippen LogP contribution is 2.24. The van der Waals surface area contributed by atoms with Crippen LogP contribution in [-0.4, -0.2) is 33.5 Å². The van der Waals surface area contributed by atoms with Crippen molar-refractivity contribution in [2.24, 2.45) is 0 Å². The Morgan fingerprint density at radius 3 is 2.25 bits per heavy atom. The normalized spacial score (nSPS) is 10.8. The van der Waals surface area contributed by atoms with E-state index in [1.165, 1.54) is 0 Å². The Kier molecular flexibility index (Phi) is 3.31. The van der Waals surface area contributed by atoms with Crippen LogP contribution in [0.4, 0.5) is 0 Å². The van der Waals surface area contributed by atoms with E-state index < -0.39 is 0 Å². The highest BCUT2D eigenvalue weighted by atomic mass is 35.5. The van der Waals surface area contributed by atoms with E-state index >= 15 is 0 Å². The smallest absolute Gasteiger partial charge is 0.218 e. The van der Waals surface area contributed by atoms with Crippen LogP contribution in [0.1, 0.15) is 0 Å². The maximum Gasteiger partial charge on any atom is 0.223 e. The van der Waals surface area contributed by atoms with Crippen LogP contribution >= 0.6 is 11.6 Å². The summed E-state index contributed by atoms with van der Waals surface area (Å²) in [6.07, 6.45) is 0. The molecule has 0 atom stereocenters. The van der Waals surface area contributed by atoms with E-state index in [0.717, 1.165) is 10.9 Å². The van der Waals surface area contributed by atoms with Crippen LogP contribution in [0.2, 0.25) is 5.28 Å². The highest BCUT2D eigenvalue weighted by Gasteiger charge is 2.12. The Labute approximate surface area is 125 Å². The summed E-state index contributed by atoms with van der Waals surface area (Å²) >= 11 is 5.98. The first-order chi connectivity index (χ1) is 9.56. The number of para-hydroxylation sites is 1. The zero-order valence-electron chi connectivity index (χ0n) is 10.5. The molecule has 0 amide bonds. The molecule has 0 N–H and O–H groups in total. The fourth-order valence-corrected chi connectivity index (χ4v) is 2.40. The highest BCUT2D eigenvalue weighted by molar-refractivity contribution is 6.47. The van der Waals surface area contributed by atoms with Crippen LogP contribution in [0.3, 0.4) is 0 Å². The molecule has 1 aromatic heterocycles. The van der Waals surface area contributed by atoms with Crippen LogP contribution in [0.25, 0.3) is 22.2 Å². The molecule has 0 saturated heterocycles. The van der Waals surface area contributed by atoms with Crippen molar-refractivity contribution in [1.82, 2.24) is 9.97 Å². The topological polar surface area (TPSA) is 25.8 Å². The summed E-state index contributed by atoms with van der Waals surface area (Å²) in [4.78, 5) is 8.46. The van der Waals surface area contributed by atoms with Crippen molar-refractivity contribution in [2.75, 3.05) is 0 Å². The molecule has 6 heteroatoms. The summed E-state index contributed by atoms with van der Waals surface area (Å²) in [5, 5.41) is 0.981. The zero-order chi connectivity index (χ0) is 14.3. The second kappa shape index (κ2) is 4.99. The number of aromatic nitrogens is 2. The van der Waals surface area contributed by atoms with E-state index in [2.05, 4.69) is 9.97 Å². The lowest BCUT2D eigenvalue weighted by Gasteiger charge is -2.14. The van der Waals surface area contributed by atoms with E-state index in [9.17, 15) is 0 Å². The summed E-state index contributed by atoms with van der Waals surface area (Å²) in [6, 6.07) is 10.8. The lowest BCUT2D eigenvalue weighted by atomic mass is 9.75. The molecule has 0 fully saturated rings. The van der Waals surface area contributed by atoms with Crippen LogP contribution in [-0.2, 0) is 0 Å². The Hall–Kier alpha value is -1.74. The van der Waals surface area contributed by atoms with Gasteiger partial charge in [-0.15, -0.1) is 0 Å². The van der Waals surface area contributed by atoms with Gasteiger partial charge in [-0.2, -0.15) is 0 Å². The minimum absolute atomic E-state index is 0.148. The molecule has 0 aliphatic rings. The molecule has 0 aliphatic heterocycles. The first kappa shape index (κ1) is 13.3. The number of nitrogens with zero attached hydrogens (tertiary/aromatic N) is 2. The summed E-state index contributed by atoms with van der Waals surface area (Å²) in [6.45, 7) is 0. The molecule has 88 valence electrons. The number of benzene rings is 2. The molecular formula is C14H6B3ClN2. The van der Waals surface area contributed by atoms with Gasteiger partial charge < -0.3 is 0 Å². The fraction of sp³-hybridized carbons (Fsp3) is 0. The lowest BCUT2D eigenvalue weighted by Crippen LogP contribution is -2.27. The van der Waals surface area contributed by atoms with Crippen LogP contribution in [0.15, 0.2) is 36.4 Å². The van der Waals surface area contributed by atoms with Crippen molar-refractivity contribution >= 4 is 62.4 Å². The van der Waals surface area contributed by atoms with Crippen LogP contribution in [0, 0.1) is 0 Å². The summed E-state index contributed by atoms with van der Waals surface area (Å²) in [5.74, 6) is 0. The van der Waals surface area contributed by atoms with Gasteiger partial charge in [0.05, 0.1) is 11.2 Å². The van der Waals surface area contributed by atoms with Gasteiger partial charge in [0.25, 0.3) is 0 Å². The third-order valence-electron chi connectivity index (χ3n) is 3.03. The molecule has 0 unspecified atom stereocenters. The van der Waals surface area contributed by atoms with Crippen molar-refractivity contribution in [3.63, 3.8) is 0 Å². The number of fused-ring (bicyclic) bond motifs is 1. The first-order valence-corrected chi connectivity index (χ1v) is 6.31. The molecule has 3 rings (SSSR count). The largest absolute Gasteiger partial charge is 0.223 e. The van der Waals surface area contributed by atoms with Gasteiger partial charge in [0.15, 0.2) is 0 Å². The average molecular weight is 270 g/mol. The fourth-order valence-electron chi connectivity index (χ4n) is 2.22. The van der Waals surface area contributed by atoms with Gasteiger partial charge in [-0.3, -0.25) is 0 Å². The molecule has 0 aliphatic carbocycles. The molecule has 20 heavy (non-hydrogen) atoms. The first-order valence-electron chi connectivity index (χ1n) is 5.93. The Bertz CT molecular complexity index is 798. The number of halogens is 1. The molecule has 0 bridgehead atoms. The Morgan fingerprint density at radius 2 is 1.55 bits per heavy atom. The number of rotatable bonds is 1. The summed E-state index contributed by atoms with van der Waals surface area (Å²) < 4.78 is 0. The van der Waals surface area contributed by atoms with E-state index in [-0.39, 0.29) is 5.28 Å². The number of hydrogen-bond donors (Lipinski definition) is 0. The molecule has 1 heterocycles. The third-order valence-corrected chi connectivity index (χ3v) is 3.20. The van der Waals surface area contributed by atoms with Gasteiger partial charge in [-0.05, 0) is 23.2 Å². The van der Waals surface area contributed by atoms with E-state index in [1.807, 2.05) is 24.3 Å². The van der Waals surface area contributed by atoms with E-state index in [1.54, 1.807) is 12.1 Å². The standard InChI is InChI=1S/C14H6B3ClN2/c15-7-5-9(16)12(10(17)6-7)13-8-3-1-2-4-11(8)19-14(18)20-13/h1-6H. The zero-order valence-corrected chi connectivity index (χ0v) is 11.2. The summed E-state index contributed by atoms with van der Waals surface area (Å²) in [5.41, 5.74) is 3.39. The number of hydrogen-bond acceptors (Lipinski definition) is 2. The predicted molar refractivity (Wildman–Crippen MR) is 86.1 cm³/mol. The Morgan fingerprint density at radius 1 is 0.900 bits per heavy atom. The van der Waals surface area contributed by atoms with Gasteiger partial charge in [0.1, 0.15) is 23.5 Å². The quantitative estimate of drug-likeness (QED) is 0.470. The monoisotopic (exact) mass is 270 g/mol. The third kappa shape index (κ3) is 2.23. The molecular weight excluding hydrogens is 264 g/mol. The van der Waals surface area contributed by atoms with E-state index in [0.29, 0.717) is 27.6 Å². The average Bonchev–Trinajstić information content (AvgIpc) is 2.37. The molecule has 0 spiro atoms. The SMILES string of the molecule is [B]c1cc([B])c(-c2nc(Cl)nc3ccccc23)c([B])c1. The minimum atomic E-state index is 0.148. The second-order valence-electron chi connectivity index (χ2n) is 4.43.